The van der Waals surface area contributed by atoms with Gasteiger partial charge in [-0.15, -0.1) is 0 Å². The third-order valence-corrected chi connectivity index (χ3v) is 4.59. The van der Waals surface area contributed by atoms with Crippen molar-refractivity contribution in [1.82, 2.24) is 4.90 Å². The molecule has 8 heteroatoms. The molecule has 0 saturated heterocycles. The van der Waals surface area contributed by atoms with Gasteiger partial charge in [-0.1, -0.05) is 19.1 Å². The Balaban J connectivity index is 1.88. The predicted octanol–water partition coefficient (Wildman–Crippen LogP) is 0.615. The lowest BCUT2D eigenvalue weighted by atomic mass is 10.1. The number of fused-ring (bicyclic) bond motifs is 1. The zero-order valence-corrected chi connectivity index (χ0v) is 14.1. The van der Waals surface area contributed by atoms with E-state index in [1.165, 1.54) is 12.1 Å². The quantitative estimate of drug-likeness (QED) is 0.401. The standard InChI is InChI=1S/C16H20N2O5S/c1-2-24-8-7-12(17)13(19)16(22)23-9-18-14(20)10-5-3-4-6-11(10)15(18)21/h3-6,12-13,19H,2,7-9,17H2,1H3/t12-,13?/m1/s1. The number of amides is 2. The first kappa shape index (κ1) is 18.4. The van der Waals surface area contributed by atoms with Crippen LogP contribution in [0.1, 0.15) is 34.1 Å². The van der Waals surface area contributed by atoms with Gasteiger partial charge in [0.15, 0.2) is 12.8 Å². The van der Waals surface area contributed by atoms with Gasteiger partial charge >= 0.3 is 5.97 Å². The van der Waals surface area contributed by atoms with Gasteiger partial charge < -0.3 is 15.6 Å². The van der Waals surface area contributed by atoms with Crippen molar-refractivity contribution in [3.63, 3.8) is 0 Å². The fourth-order valence-corrected chi connectivity index (χ4v) is 2.99. The van der Waals surface area contributed by atoms with Gasteiger partial charge in [-0.2, -0.15) is 11.8 Å². The molecule has 1 heterocycles. The van der Waals surface area contributed by atoms with Gasteiger partial charge in [0.25, 0.3) is 11.8 Å². The van der Waals surface area contributed by atoms with Crippen molar-refractivity contribution in [3.05, 3.63) is 35.4 Å². The van der Waals surface area contributed by atoms with Crippen LogP contribution >= 0.6 is 11.8 Å². The van der Waals surface area contributed by atoms with E-state index in [1.807, 2.05) is 6.92 Å². The summed E-state index contributed by atoms with van der Waals surface area (Å²) in [6, 6.07) is 5.62. The normalized spacial score (nSPS) is 16.0. The second kappa shape index (κ2) is 8.27. The number of hydrogen-bond acceptors (Lipinski definition) is 7. The monoisotopic (exact) mass is 352 g/mol. The van der Waals surface area contributed by atoms with Crippen molar-refractivity contribution >= 4 is 29.5 Å². The third kappa shape index (κ3) is 3.95. The second-order valence-electron chi connectivity index (χ2n) is 5.27. The zero-order chi connectivity index (χ0) is 17.7. The van der Waals surface area contributed by atoms with Crippen LogP contribution in [0.3, 0.4) is 0 Å². The molecule has 3 N–H and O–H groups in total. The molecule has 0 bridgehead atoms. The second-order valence-corrected chi connectivity index (χ2v) is 6.66. The number of imide groups is 1. The number of thioether (sulfide) groups is 1. The van der Waals surface area contributed by atoms with Gasteiger partial charge in [0, 0.05) is 6.04 Å². The number of aliphatic hydroxyl groups excluding tert-OH is 1. The van der Waals surface area contributed by atoms with E-state index in [0.717, 1.165) is 16.4 Å². The van der Waals surface area contributed by atoms with E-state index < -0.39 is 36.7 Å². The highest BCUT2D eigenvalue weighted by Gasteiger charge is 2.36. The van der Waals surface area contributed by atoms with Gasteiger partial charge in [-0.3, -0.25) is 9.59 Å². The molecule has 2 rings (SSSR count). The van der Waals surface area contributed by atoms with Crippen molar-refractivity contribution < 1.29 is 24.2 Å². The van der Waals surface area contributed by atoms with Crippen molar-refractivity contribution in [3.8, 4) is 0 Å². The van der Waals surface area contributed by atoms with Crippen LogP contribution in [-0.2, 0) is 9.53 Å². The van der Waals surface area contributed by atoms with E-state index >= 15 is 0 Å². The van der Waals surface area contributed by atoms with Crippen LogP contribution in [0.4, 0.5) is 0 Å². The molecule has 1 aliphatic rings. The van der Waals surface area contributed by atoms with Crippen LogP contribution in [0.2, 0.25) is 0 Å². The Morgan fingerprint density at radius 1 is 1.29 bits per heavy atom. The Kier molecular flexibility index (Phi) is 6.36. The molecule has 1 aromatic carbocycles. The number of carbonyl (C=O) groups excluding carboxylic acids is 3. The fraction of sp³-hybridized carbons (Fsp3) is 0.438. The first-order valence-corrected chi connectivity index (χ1v) is 8.76. The van der Waals surface area contributed by atoms with Gasteiger partial charge in [0.05, 0.1) is 11.1 Å². The van der Waals surface area contributed by atoms with Crippen molar-refractivity contribution in [2.75, 3.05) is 18.2 Å². The number of rotatable bonds is 8. The summed E-state index contributed by atoms with van der Waals surface area (Å²) in [5, 5.41) is 9.87. The number of aliphatic hydroxyl groups is 1. The van der Waals surface area contributed by atoms with Gasteiger partial charge in [0.1, 0.15) is 0 Å². The van der Waals surface area contributed by atoms with Crippen LogP contribution in [0.5, 0.6) is 0 Å². The van der Waals surface area contributed by atoms with Crippen LogP contribution in [0.25, 0.3) is 0 Å². The molecular weight excluding hydrogens is 332 g/mol. The van der Waals surface area contributed by atoms with Crippen molar-refractivity contribution in [2.45, 2.75) is 25.5 Å². The lowest BCUT2D eigenvalue weighted by Crippen LogP contribution is -2.43. The summed E-state index contributed by atoms with van der Waals surface area (Å²) in [4.78, 5) is 36.9. The third-order valence-electron chi connectivity index (χ3n) is 3.66. The number of hydrogen-bond donors (Lipinski definition) is 2. The Morgan fingerprint density at radius 2 is 1.88 bits per heavy atom. The van der Waals surface area contributed by atoms with E-state index in [1.54, 1.807) is 23.9 Å². The number of carbonyl (C=O) groups is 3. The average molecular weight is 352 g/mol. The summed E-state index contributed by atoms with van der Waals surface area (Å²) in [6.07, 6.45) is -1.03. The number of esters is 1. The number of ether oxygens (including phenoxy) is 1. The van der Waals surface area contributed by atoms with Crippen LogP contribution in [0, 0.1) is 0 Å². The molecule has 130 valence electrons. The molecular formula is C16H20N2O5S. The maximum atomic E-state index is 12.1. The van der Waals surface area contributed by atoms with Crippen LogP contribution < -0.4 is 5.73 Å². The lowest BCUT2D eigenvalue weighted by Gasteiger charge is -2.19. The molecule has 7 nitrogen and oxygen atoms in total. The van der Waals surface area contributed by atoms with Crippen LogP contribution in [0.15, 0.2) is 24.3 Å². The predicted molar refractivity (Wildman–Crippen MR) is 89.5 cm³/mol. The smallest absolute Gasteiger partial charge is 0.338 e. The van der Waals surface area contributed by atoms with Gasteiger partial charge in [-0.05, 0) is 30.1 Å². The van der Waals surface area contributed by atoms with Crippen molar-refractivity contribution in [1.29, 1.82) is 0 Å². The first-order chi connectivity index (χ1) is 11.5. The minimum absolute atomic E-state index is 0.271. The Hall–Kier alpha value is -1.90. The molecule has 0 radical (unpaired) electrons. The molecule has 0 saturated carbocycles. The summed E-state index contributed by atoms with van der Waals surface area (Å²) in [6.45, 7) is 1.46. The highest BCUT2D eigenvalue weighted by molar-refractivity contribution is 7.99. The maximum Gasteiger partial charge on any atom is 0.338 e. The highest BCUT2D eigenvalue weighted by atomic mass is 32.2. The molecule has 1 aliphatic heterocycles. The minimum atomic E-state index is -1.49. The van der Waals surface area contributed by atoms with Crippen LogP contribution in [-0.4, -0.2) is 58.2 Å². The molecule has 0 aliphatic carbocycles. The van der Waals surface area contributed by atoms with Gasteiger partial charge in [0.2, 0.25) is 0 Å². The molecule has 1 unspecified atom stereocenters. The Morgan fingerprint density at radius 3 is 2.42 bits per heavy atom. The average Bonchev–Trinajstić information content (AvgIpc) is 2.83. The summed E-state index contributed by atoms with van der Waals surface area (Å²) < 4.78 is 4.90. The molecule has 2 amide bonds. The molecule has 0 spiro atoms. The summed E-state index contributed by atoms with van der Waals surface area (Å²) in [7, 11) is 0. The highest BCUT2D eigenvalue weighted by Crippen LogP contribution is 2.22. The van der Waals surface area contributed by atoms with E-state index in [-0.39, 0.29) is 11.1 Å². The minimum Gasteiger partial charge on any atom is -0.442 e. The number of nitrogens with zero attached hydrogens (tertiary/aromatic N) is 1. The number of benzene rings is 1. The fourth-order valence-electron chi connectivity index (χ4n) is 2.27. The SMILES string of the molecule is CCSCC[C@@H](N)C(O)C(=O)OCN1C(=O)c2ccccc2C1=O. The zero-order valence-electron chi connectivity index (χ0n) is 13.3. The first-order valence-electron chi connectivity index (χ1n) is 7.60. The Bertz CT molecular complexity index is 602. The van der Waals surface area contributed by atoms with Gasteiger partial charge in [-0.25, -0.2) is 9.69 Å². The topological polar surface area (TPSA) is 110 Å². The summed E-state index contributed by atoms with van der Waals surface area (Å²) in [5.41, 5.74) is 6.30. The number of nitrogens with two attached hydrogens (primary N) is 1. The summed E-state index contributed by atoms with van der Waals surface area (Å²) >= 11 is 1.65. The van der Waals surface area contributed by atoms with E-state index in [2.05, 4.69) is 0 Å². The van der Waals surface area contributed by atoms with Crippen molar-refractivity contribution in [2.24, 2.45) is 5.73 Å². The molecule has 24 heavy (non-hydrogen) atoms. The molecule has 2 atom stereocenters. The van der Waals surface area contributed by atoms with E-state index in [0.29, 0.717) is 6.42 Å². The summed E-state index contributed by atoms with van der Waals surface area (Å²) in [5.74, 6) is -0.350. The maximum absolute atomic E-state index is 12.1. The molecule has 0 fully saturated rings. The van der Waals surface area contributed by atoms with E-state index in [4.69, 9.17) is 10.5 Å². The Labute approximate surface area is 144 Å². The lowest BCUT2D eigenvalue weighted by molar-refractivity contribution is -0.157. The molecule has 1 aromatic rings. The largest absolute Gasteiger partial charge is 0.442 e. The van der Waals surface area contributed by atoms with E-state index in [9.17, 15) is 19.5 Å². The molecule has 0 aromatic heterocycles.